The molecule has 0 aliphatic heterocycles. The van der Waals surface area contributed by atoms with Gasteiger partial charge >= 0.3 is 0 Å². The smallest absolute Gasteiger partial charge is 0.239 e. The SMILES string of the molecule is NNc1nc(NCCC2CC2)c2ccccc2n1. The zero-order chi connectivity index (χ0) is 12.4. The van der Waals surface area contributed by atoms with E-state index in [1.165, 1.54) is 19.3 Å². The molecule has 1 heterocycles. The minimum Gasteiger partial charge on any atom is -0.369 e. The van der Waals surface area contributed by atoms with Crippen molar-refractivity contribution in [2.24, 2.45) is 11.8 Å². The molecule has 0 atom stereocenters. The van der Waals surface area contributed by atoms with E-state index in [-0.39, 0.29) is 0 Å². The highest BCUT2D eigenvalue weighted by atomic mass is 15.3. The number of anilines is 2. The van der Waals surface area contributed by atoms with Crippen molar-refractivity contribution in [3.05, 3.63) is 24.3 Å². The number of nitrogens with one attached hydrogen (secondary N) is 2. The van der Waals surface area contributed by atoms with Crippen LogP contribution < -0.4 is 16.6 Å². The zero-order valence-corrected chi connectivity index (χ0v) is 10.2. The number of fused-ring (bicyclic) bond motifs is 1. The van der Waals surface area contributed by atoms with Gasteiger partial charge < -0.3 is 5.32 Å². The van der Waals surface area contributed by atoms with Crippen LogP contribution in [0, 0.1) is 5.92 Å². The zero-order valence-electron chi connectivity index (χ0n) is 10.2. The van der Waals surface area contributed by atoms with Crippen LogP contribution in [0.2, 0.25) is 0 Å². The molecule has 1 aliphatic carbocycles. The fourth-order valence-corrected chi connectivity index (χ4v) is 2.08. The lowest BCUT2D eigenvalue weighted by Gasteiger charge is -2.10. The number of nitrogen functional groups attached to an aromatic ring is 1. The molecule has 0 bridgehead atoms. The molecule has 0 unspecified atom stereocenters. The molecule has 94 valence electrons. The Kier molecular flexibility index (Phi) is 2.98. The fraction of sp³-hybridized carbons (Fsp3) is 0.385. The van der Waals surface area contributed by atoms with Gasteiger partial charge in [-0.05, 0) is 24.5 Å². The van der Waals surface area contributed by atoms with E-state index in [0.717, 1.165) is 29.2 Å². The standard InChI is InChI=1S/C13H17N5/c14-18-13-16-11-4-2-1-3-10(11)12(17-13)15-8-7-9-5-6-9/h1-4,9H,5-8,14H2,(H2,15,16,17,18). The average Bonchev–Trinajstić information content (AvgIpc) is 3.22. The molecule has 0 spiro atoms. The first kappa shape index (κ1) is 11.2. The van der Waals surface area contributed by atoms with Gasteiger partial charge in [-0.15, -0.1) is 0 Å². The maximum atomic E-state index is 5.39. The molecule has 0 saturated heterocycles. The maximum Gasteiger partial charge on any atom is 0.239 e. The summed E-state index contributed by atoms with van der Waals surface area (Å²) in [7, 11) is 0. The highest BCUT2D eigenvalue weighted by molar-refractivity contribution is 5.89. The van der Waals surface area contributed by atoms with Gasteiger partial charge in [-0.2, -0.15) is 4.98 Å². The van der Waals surface area contributed by atoms with Crippen LogP contribution in [0.5, 0.6) is 0 Å². The molecule has 1 aromatic heterocycles. The topological polar surface area (TPSA) is 75.9 Å². The summed E-state index contributed by atoms with van der Waals surface area (Å²) in [6, 6.07) is 7.94. The molecule has 2 aromatic rings. The molecule has 1 aromatic carbocycles. The van der Waals surface area contributed by atoms with Gasteiger partial charge in [0.05, 0.1) is 5.52 Å². The predicted octanol–water partition coefficient (Wildman–Crippen LogP) is 2.13. The molecular formula is C13H17N5. The second-order valence-corrected chi connectivity index (χ2v) is 4.72. The maximum absolute atomic E-state index is 5.39. The van der Waals surface area contributed by atoms with E-state index in [4.69, 9.17) is 5.84 Å². The van der Waals surface area contributed by atoms with E-state index in [0.29, 0.717) is 5.95 Å². The van der Waals surface area contributed by atoms with Crippen molar-refractivity contribution in [1.82, 2.24) is 9.97 Å². The van der Waals surface area contributed by atoms with Crippen LogP contribution in [0.4, 0.5) is 11.8 Å². The number of nitrogens with two attached hydrogens (primary N) is 1. The molecule has 1 aliphatic rings. The average molecular weight is 243 g/mol. The molecular weight excluding hydrogens is 226 g/mol. The summed E-state index contributed by atoms with van der Waals surface area (Å²) >= 11 is 0. The van der Waals surface area contributed by atoms with Crippen molar-refractivity contribution in [3.8, 4) is 0 Å². The van der Waals surface area contributed by atoms with Crippen molar-refractivity contribution in [3.63, 3.8) is 0 Å². The van der Waals surface area contributed by atoms with Gasteiger partial charge in [0, 0.05) is 11.9 Å². The van der Waals surface area contributed by atoms with Gasteiger partial charge in [0.25, 0.3) is 0 Å². The molecule has 5 heteroatoms. The lowest BCUT2D eigenvalue weighted by molar-refractivity contribution is 0.759. The van der Waals surface area contributed by atoms with Crippen molar-refractivity contribution in [1.29, 1.82) is 0 Å². The van der Waals surface area contributed by atoms with Crippen LogP contribution in [0.25, 0.3) is 10.9 Å². The summed E-state index contributed by atoms with van der Waals surface area (Å²) in [5, 5.41) is 4.42. The summed E-state index contributed by atoms with van der Waals surface area (Å²) in [6.45, 7) is 0.954. The van der Waals surface area contributed by atoms with Gasteiger partial charge in [-0.1, -0.05) is 25.0 Å². The Hall–Kier alpha value is -1.88. The number of nitrogens with zero attached hydrogens (tertiary/aromatic N) is 2. The predicted molar refractivity (Wildman–Crippen MR) is 73.2 cm³/mol. The number of benzene rings is 1. The van der Waals surface area contributed by atoms with E-state index in [9.17, 15) is 0 Å². The summed E-state index contributed by atoms with van der Waals surface area (Å²) in [4.78, 5) is 8.70. The fourth-order valence-electron chi connectivity index (χ4n) is 2.08. The molecule has 3 rings (SSSR count). The van der Waals surface area contributed by atoms with Crippen molar-refractivity contribution in [2.75, 3.05) is 17.3 Å². The highest BCUT2D eigenvalue weighted by Crippen LogP contribution is 2.32. The second-order valence-electron chi connectivity index (χ2n) is 4.72. The van der Waals surface area contributed by atoms with Crippen LogP contribution in [0.15, 0.2) is 24.3 Å². The van der Waals surface area contributed by atoms with Crippen LogP contribution in [-0.2, 0) is 0 Å². The Balaban J connectivity index is 1.86. The quantitative estimate of drug-likeness (QED) is 0.554. The number of rotatable bonds is 5. The number of hydrazine groups is 1. The third kappa shape index (κ3) is 2.36. The van der Waals surface area contributed by atoms with E-state index in [2.05, 4.69) is 20.7 Å². The van der Waals surface area contributed by atoms with Gasteiger partial charge in [0.2, 0.25) is 5.95 Å². The minimum absolute atomic E-state index is 0.447. The summed E-state index contributed by atoms with van der Waals surface area (Å²) in [5.41, 5.74) is 3.41. The van der Waals surface area contributed by atoms with E-state index in [1.54, 1.807) is 0 Å². The normalized spacial score (nSPS) is 14.7. The van der Waals surface area contributed by atoms with Crippen molar-refractivity contribution in [2.45, 2.75) is 19.3 Å². The Labute approximate surface area is 106 Å². The minimum atomic E-state index is 0.447. The number of hydrogen-bond donors (Lipinski definition) is 3. The lowest BCUT2D eigenvalue weighted by Crippen LogP contribution is -2.13. The highest BCUT2D eigenvalue weighted by Gasteiger charge is 2.20. The molecule has 0 amide bonds. The van der Waals surface area contributed by atoms with Gasteiger partial charge in [-0.25, -0.2) is 10.8 Å². The Morgan fingerprint density at radius 1 is 1.22 bits per heavy atom. The van der Waals surface area contributed by atoms with Gasteiger partial charge in [0.1, 0.15) is 5.82 Å². The molecule has 0 radical (unpaired) electrons. The molecule has 5 nitrogen and oxygen atoms in total. The summed E-state index contributed by atoms with van der Waals surface area (Å²) < 4.78 is 0. The van der Waals surface area contributed by atoms with E-state index < -0.39 is 0 Å². The Morgan fingerprint density at radius 2 is 2.06 bits per heavy atom. The Bertz CT molecular complexity index is 550. The number of para-hydroxylation sites is 1. The largest absolute Gasteiger partial charge is 0.369 e. The monoisotopic (exact) mass is 243 g/mol. The van der Waals surface area contributed by atoms with Crippen molar-refractivity contribution < 1.29 is 0 Å². The lowest BCUT2D eigenvalue weighted by atomic mass is 10.2. The summed E-state index contributed by atoms with van der Waals surface area (Å²) in [6.07, 6.45) is 3.97. The van der Waals surface area contributed by atoms with Crippen LogP contribution >= 0.6 is 0 Å². The van der Waals surface area contributed by atoms with Crippen LogP contribution in [-0.4, -0.2) is 16.5 Å². The molecule has 1 fully saturated rings. The van der Waals surface area contributed by atoms with Crippen LogP contribution in [0.1, 0.15) is 19.3 Å². The van der Waals surface area contributed by atoms with E-state index >= 15 is 0 Å². The van der Waals surface area contributed by atoms with Gasteiger partial charge in [0.15, 0.2) is 0 Å². The van der Waals surface area contributed by atoms with Crippen molar-refractivity contribution >= 4 is 22.7 Å². The molecule has 4 N–H and O–H groups in total. The first-order valence-corrected chi connectivity index (χ1v) is 6.34. The molecule has 18 heavy (non-hydrogen) atoms. The number of hydrogen-bond acceptors (Lipinski definition) is 5. The third-order valence-corrected chi connectivity index (χ3v) is 3.27. The van der Waals surface area contributed by atoms with Gasteiger partial charge in [-0.3, -0.25) is 5.43 Å². The van der Waals surface area contributed by atoms with Crippen LogP contribution in [0.3, 0.4) is 0 Å². The third-order valence-electron chi connectivity index (χ3n) is 3.27. The second kappa shape index (κ2) is 4.78. The number of aromatic nitrogens is 2. The van der Waals surface area contributed by atoms with E-state index in [1.807, 2.05) is 24.3 Å². The Morgan fingerprint density at radius 3 is 2.83 bits per heavy atom. The first-order valence-electron chi connectivity index (χ1n) is 6.34. The summed E-state index contributed by atoms with van der Waals surface area (Å²) in [5.74, 6) is 7.61. The first-order chi connectivity index (χ1) is 8.86. The molecule has 1 saturated carbocycles.